The Bertz CT molecular complexity index is 572. The van der Waals surface area contributed by atoms with E-state index in [1.807, 2.05) is 4.90 Å². The number of carbonyl (C=O) groups is 1. The van der Waals surface area contributed by atoms with E-state index in [1.165, 1.54) is 12.1 Å². The second-order valence-electron chi connectivity index (χ2n) is 6.25. The summed E-state index contributed by atoms with van der Waals surface area (Å²) in [5.74, 6) is 0.0438. The van der Waals surface area contributed by atoms with E-state index in [0.717, 1.165) is 51.0 Å². The van der Waals surface area contributed by atoms with Crippen molar-refractivity contribution in [2.75, 3.05) is 31.5 Å². The number of nitrogens with zero attached hydrogens (tertiary/aromatic N) is 2. The molecular formula is C17H22FN3OS. The molecule has 0 radical (unpaired) electrons. The Balaban J connectivity index is 1.57. The minimum atomic E-state index is -0.268. The molecule has 3 rings (SSSR count). The summed E-state index contributed by atoms with van der Waals surface area (Å²) in [7, 11) is 0. The first-order chi connectivity index (χ1) is 11.1. The van der Waals surface area contributed by atoms with Crippen LogP contribution in [0.5, 0.6) is 0 Å². The molecule has 2 aliphatic rings. The number of anilines is 1. The maximum atomic E-state index is 13.0. The minimum absolute atomic E-state index is 0.0369. The van der Waals surface area contributed by atoms with Gasteiger partial charge in [0, 0.05) is 31.9 Å². The van der Waals surface area contributed by atoms with Crippen LogP contribution in [-0.2, 0) is 4.79 Å². The van der Waals surface area contributed by atoms with Gasteiger partial charge in [0.1, 0.15) is 5.82 Å². The van der Waals surface area contributed by atoms with Gasteiger partial charge in [-0.2, -0.15) is 0 Å². The monoisotopic (exact) mass is 335 g/mol. The molecule has 1 aromatic carbocycles. The summed E-state index contributed by atoms with van der Waals surface area (Å²) in [6, 6.07) is 6.14. The van der Waals surface area contributed by atoms with Crippen molar-refractivity contribution in [3.63, 3.8) is 0 Å². The van der Waals surface area contributed by atoms with E-state index in [2.05, 4.69) is 10.2 Å². The third-order valence-corrected chi connectivity index (χ3v) is 4.93. The van der Waals surface area contributed by atoms with Crippen molar-refractivity contribution in [3.05, 3.63) is 30.1 Å². The van der Waals surface area contributed by atoms with Gasteiger partial charge in [0.05, 0.1) is 5.92 Å². The third kappa shape index (κ3) is 3.99. The van der Waals surface area contributed by atoms with E-state index >= 15 is 0 Å². The van der Waals surface area contributed by atoms with Crippen LogP contribution < -0.4 is 5.32 Å². The van der Waals surface area contributed by atoms with E-state index in [0.29, 0.717) is 11.7 Å². The lowest BCUT2D eigenvalue weighted by molar-refractivity contribution is -0.135. The molecule has 124 valence electrons. The van der Waals surface area contributed by atoms with Gasteiger partial charge in [-0.25, -0.2) is 4.39 Å². The van der Waals surface area contributed by atoms with Gasteiger partial charge in [-0.05, 0) is 62.2 Å². The fraction of sp³-hybridized carbons (Fsp3) is 0.529. The van der Waals surface area contributed by atoms with Crippen molar-refractivity contribution in [2.45, 2.75) is 25.7 Å². The van der Waals surface area contributed by atoms with E-state index < -0.39 is 0 Å². The van der Waals surface area contributed by atoms with Gasteiger partial charge in [-0.15, -0.1) is 0 Å². The predicted octanol–water partition coefficient (Wildman–Crippen LogP) is 2.86. The van der Waals surface area contributed by atoms with Crippen LogP contribution in [0.15, 0.2) is 24.3 Å². The van der Waals surface area contributed by atoms with Crippen molar-refractivity contribution < 1.29 is 9.18 Å². The summed E-state index contributed by atoms with van der Waals surface area (Å²) in [6.07, 6.45) is 4.14. The third-order valence-electron chi connectivity index (χ3n) is 4.57. The molecule has 0 bridgehead atoms. The maximum absolute atomic E-state index is 13.0. The van der Waals surface area contributed by atoms with Crippen LogP contribution in [0.25, 0.3) is 0 Å². The second kappa shape index (κ2) is 7.25. The molecule has 23 heavy (non-hydrogen) atoms. The van der Waals surface area contributed by atoms with Gasteiger partial charge >= 0.3 is 0 Å². The number of thiocarbonyl (C=S) groups is 1. The number of nitrogens with one attached hydrogen (secondary N) is 1. The highest BCUT2D eigenvalue weighted by Gasteiger charge is 2.31. The largest absolute Gasteiger partial charge is 0.348 e. The number of halogens is 1. The molecule has 1 unspecified atom stereocenters. The Hall–Kier alpha value is -1.69. The summed E-state index contributed by atoms with van der Waals surface area (Å²) in [5.41, 5.74) is 0.768. The van der Waals surface area contributed by atoms with Crippen LogP contribution >= 0.6 is 12.2 Å². The van der Waals surface area contributed by atoms with E-state index in [-0.39, 0.29) is 17.6 Å². The summed E-state index contributed by atoms with van der Waals surface area (Å²) in [6.45, 7) is 3.32. The Labute approximate surface area is 141 Å². The number of benzene rings is 1. The zero-order valence-corrected chi connectivity index (χ0v) is 13.9. The average Bonchev–Trinajstić information content (AvgIpc) is 3.11. The summed E-state index contributed by atoms with van der Waals surface area (Å²) < 4.78 is 13.0. The second-order valence-corrected chi connectivity index (χ2v) is 6.64. The number of hydrogen-bond acceptors (Lipinski definition) is 2. The molecule has 2 saturated heterocycles. The molecule has 1 amide bonds. The van der Waals surface area contributed by atoms with Crippen LogP contribution in [0.3, 0.4) is 0 Å². The zero-order chi connectivity index (χ0) is 16.2. The van der Waals surface area contributed by atoms with E-state index in [1.54, 1.807) is 12.1 Å². The highest BCUT2D eigenvalue weighted by molar-refractivity contribution is 7.80. The first kappa shape index (κ1) is 16.2. The van der Waals surface area contributed by atoms with Crippen LogP contribution in [0, 0.1) is 11.7 Å². The van der Waals surface area contributed by atoms with Crippen LogP contribution in [-0.4, -0.2) is 47.0 Å². The maximum Gasteiger partial charge on any atom is 0.227 e. The van der Waals surface area contributed by atoms with Crippen molar-refractivity contribution in [2.24, 2.45) is 5.92 Å². The van der Waals surface area contributed by atoms with Gasteiger partial charge in [0.15, 0.2) is 5.11 Å². The quantitative estimate of drug-likeness (QED) is 0.843. The SMILES string of the molecule is O=C(C1CCCN(C(=S)Nc2ccc(F)cc2)C1)N1CCCC1. The highest BCUT2D eigenvalue weighted by Crippen LogP contribution is 2.22. The molecule has 0 aromatic heterocycles. The number of rotatable bonds is 2. The molecule has 0 spiro atoms. The molecule has 2 aliphatic heterocycles. The van der Waals surface area contributed by atoms with Gasteiger partial charge in [-0.1, -0.05) is 0 Å². The number of likely N-dealkylation sites (tertiary alicyclic amines) is 2. The number of carbonyl (C=O) groups excluding carboxylic acids is 1. The van der Waals surface area contributed by atoms with Crippen LogP contribution in [0.1, 0.15) is 25.7 Å². The predicted molar refractivity (Wildman–Crippen MR) is 92.7 cm³/mol. The molecule has 1 aromatic rings. The lowest BCUT2D eigenvalue weighted by atomic mass is 9.97. The normalized spacial score (nSPS) is 21.3. The molecule has 6 heteroatoms. The topological polar surface area (TPSA) is 35.6 Å². The number of piperidine rings is 1. The minimum Gasteiger partial charge on any atom is -0.348 e. The van der Waals surface area contributed by atoms with Gasteiger partial charge in [-0.3, -0.25) is 4.79 Å². The smallest absolute Gasteiger partial charge is 0.227 e. The zero-order valence-electron chi connectivity index (χ0n) is 13.1. The molecule has 2 fully saturated rings. The van der Waals surface area contributed by atoms with E-state index in [9.17, 15) is 9.18 Å². The summed E-state index contributed by atoms with van der Waals surface area (Å²) in [4.78, 5) is 16.6. The lowest BCUT2D eigenvalue weighted by Crippen LogP contribution is -2.47. The molecule has 2 heterocycles. The van der Waals surface area contributed by atoms with Crippen LogP contribution in [0.4, 0.5) is 10.1 Å². The Morgan fingerprint density at radius 1 is 1.09 bits per heavy atom. The van der Waals surface area contributed by atoms with Crippen molar-refractivity contribution in [1.29, 1.82) is 0 Å². The Morgan fingerprint density at radius 3 is 2.43 bits per heavy atom. The first-order valence-electron chi connectivity index (χ1n) is 8.24. The molecule has 4 nitrogen and oxygen atoms in total. The fourth-order valence-corrected chi connectivity index (χ4v) is 3.58. The number of hydrogen-bond donors (Lipinski definition) is 1. The van der Waals surface area contributed by atoms with Gasteiger partial charge in [0.2, 0.25) is 5.91 Å². The fourth-order valence-electron chi connectivity index (χ4n) is 3.29. The molecule has 1 atom stereocenters. The van der Waals surface area contributed by atoms with Crippen molar-refractivity contribution in [3.8, 4) is 0 Å². The molecule has 1 N–H and O–H groups in total. The van der Waals surface area contributed by atoms with Gasteiger partial charge in [0.25, 0.3) is 0 Å². The summed E-state index contributed by atoms with van der Waals surface area (Å²) in [5, 5.41) is 3.74. The average molecular weight is 335 g/mol. The lowest BCUT2D eigenvalue weighted by Gasteiger charge is -2.35. The standard InChI is InChI=1S/C17H22FN3OS/c18-14-5-7-15(8-6-14)19-17(23)21-11-3-4-13(12-21)16(22)20-9-1-2-10-20/h5-8,13H,1-4,9-12H2,(H,19,23). The number of amides is 1. The Kier molecular flexibility index (Phi) is 5.10. The molecule has 0 saturated carbocycles. The molecule has 0 aliphatic carbocycles. The van der Waals surface area contributed by atoms with Crippen LogP contribution in [0.2, 0.25) is 0 Å². The Morgan fingerprint density at radius 2 is 1.74 bits per heavy atom. The van der Waals surface area contributed by atoms with Gasteiger partial charge < -0.3 is 15.1 Å². The first-order valence-corrected chi connectivity index (χ1v) is 8.64. The van der Waals surface area contributed by atoms with Crippen molar-refractivity contribution in [1.82, 2.24) is 9.80 Å². The molecular weight excluding hydrogens is 313 g/mol. The summed E-state index contributed by atoms with van der Waals surface area (Å²) >= 11 is 5.46. The van der Waals surface area contributed by atoms with Crippen molar-refractivity contribution >= 4 is 28.9 Å². The van der Waals surface area contributed by atoms with E-state index in [4.69, 9.17) is 12.2 Å². The highest BCUT2D eigenvalue weighted by atomic mass is 32.1.